The number of amides is 1. The third kappa shape index (κ3) is 5.31. The van der Waals surface area contributed by atoms with Gasteiger partial charge in [-0.25, -0.2) is 0 Å². The van der Waals surface area contributed by atoms with Crippen LogP contribution in [0.15, 0.2) is 18.5 Å². The number of carbonyl (C=O) groups excluding carboxylic acids is 1. The van der Waals surface area contributed by atoms with Crippen LogP contribution in [-0.4, -0.2) is 31.7 Å². The fourth-order valence-electron chi connectivity index (χ4n) is 0.927. The van der Waals surface area contributed by atoms with Gasteiger partial charge in [-0.15, -0.1) is 0 Å². The minimum Gasteiger partial charge on any atom is -0.495 e. The molecule has 1 aromatic heterocycles. The zero-order valence-electron chi connectivity index (χ0n) is 10.1. The van der Waals surface area contributed by atoms with Crippen molar-refractivity contribution < 1.29 is 14.3 Å². The van der Waals surface area contributed by atoms with Crippen LogP contribution in [0.25, 0.3) is 0 Å². The van der Waals surface area contributed by atoms with E-state index in [1.165, 1.54) is 20.4 Å². The van der Waals surface area contributed by atoms with Crippen LogP contribution in [-0.2, 0) is 9.53 Å². The van der Waals surface area contributed by atoms with E-state index < -0.39 is 0 Å². The average Bonchev–Trinajstić information content (AvgIpc) is 2.32. The highest BCUT2D eigenvalue weighted by molar-refractivity contribution is 5.91. The van der Waals surface area contributed by atoms with E-state index in [0.717, 1.165) is 0 Å². The summed E-state index contributed by atoms with van der Waals surface area (Å²) in [6, 6.07) is 1.68. The largest absolute Gasteiger partial charge is 0.495 e. The quantitative estimate of drug-likeness (QED) is 0.848. The number of nitrogens with one attached hydrogen (secondary N) is 1. The van der Waals surface area contributed by atoms with Crippen molar-refractivity contribution in [3.05, 3.63) is 18.5 Å². The van der Waals surface area contributed by atoms with Gasteiger partial charge < -0.3 is 14.8 Å². The standard InChI is InChI=1S/C9H12N2O3.C2H6/c1-13-6-9(12)11-7-3-8(14-2)5-10-4-7;1-2/h3-5H,6H2,1-2H3,(H,11,12);1-2H3. The van der Waals surface area contributed by atoms with E-state index >= 15 is 0 Å². The van der Waals surface area contributed by atoms with Crippen LogP contribution < -0.4 is 10.1 Å². The molecule has 0 atom stereocenters. The normalized spacial score (nSPS) is 8.75. The summed E-state index contributed by atoms with van der Waals surface area (Å²) in [6.07, 6.45) is 3.10. The fraction of sp³-hybridized carbons (Fsp3) is 0.455. The first-order chi connectivity index (χ1) is 7.76. The van der Waals surface area contributed by atoms with Gasteiger partial charge >= 0.3 is 0 Å². The molecule has 0 saturated heterocycles. The van der Waals surface area contributed by atoms with Gasteiger partial charge in [0.1, 0.15) is 12.4 Å². The SMILES string of the molecule is CC.COCC(=O)Nc1cncc(OC)c1. The second kappa shape index (κ2) is 8.67. The van der Waals surface area contributed by atoms with Gasteiger partial charge in [-0.1, -0.05) is 13.8 Å². The van der Waals surface area contributed by atoms with Gasteiger partial charge in [0, 0.05) is 13.2 Å². The van der Waals surface area contributed by atoms with Gasteiger partial charge in [0.15, 0.2) is 0 Å². The van der Waals surface area contributed by atoms with Crippen LogP contribution in [0.3, 0.4) is 0 Å². The molecule has 1 aromatic rings. The first kappa shape index (κ1) is 14.4. The lowest BCUT2D eigenvalue weighted by atomic mass is 10.4. The Morgan fingerprint density at radius 1 is 1.38 bits per heavy atom. The van der Waals surface area contributed by atoms with Crippen molar-refractivity contribution in [2.75, 3.05) is 26.1 Å². The number of pyridine rings is 1. The number of aromatic nitrogens is 1. The summed E-state index contributed by atoms with van der Waals surface area (Å²) >= 11 is 0. The summed E-state index contributed by atoms with van der Waals surface area (Å²) in [5.41, 5.74) is 0.589. The molecule has 1 N–H and O–H groups in total. The average molecular weight is 226 g/mol. The summed E-state index contributed by atoms with van der Waals surface area (Å²) < 4.78 is 9.62. The summed E-state index contributed by atoms with van der Waals surface area (Å²) in [4.78, 5) is 15.0. The maximum absolute atomic E-state index is 11.1. The Hall–Kier alpha value is -1.62. The van der Waals surface area contributed by atoms with E-state index in [1.54, 1.807) is 12.3 Å². The minimum atomic E-state index is -0.220. The Bertz CT molecular complexity index is 316. The maximum Gasteiger partial charge on any atom is 0.250 e. The Morgan fingerprint density at radius 2 is 2.06 bits per heavy atom. The van der Waals surface area contributed by atoms with E-state index in [4.69, 9.17) is 4.74 Å². The molecular weight excluding hydrogens is 208 g/mol. The molecule has 0 aliphatic heterocycles. The number of methoxy groups -OCH3 is 2. The summed E-state index contributed by atoms with van der Waals surface area (Å²) in [5, 5.41) is 2.61. The Labute approximate surface area is 95.8 Å². The predicted octanol–water partition coefficient (Wildman–Crippen LogP) is 1.70. The molecule has 0 radical (unpaired) electrons. The lowest BCUT2D eigenvalue weighted by Crippen LogP contribution is -2.17. The molecule has 1 rings (SSSR count). The minimum absolute atomic E-state index is 0.0250. The zero-order valence-corrected chi connectivity index (χ0v) is 10.1. The lowest BCUT2D eigenvalue weighted by Gasteiger charge is -2.05. The van der Waals surface area contributed by atoms with Gasteiger partial charge in [0.25, 0.3) is 0 Å². The molecule has 0 bridgehead atoms. The van der Waals surface area contributed by atoms with Crippen molar-refractivity contribution in [2.45, 2.75) is 13.8 Å². The van der Waals surface area contributed by atoms with Crippen molar-refractivity contribution in [3.63, 3.8) is 0 Å². The highest BCUT2D eigenvalue weighted by Gasteiger charge is 2.02. The number of rotatable bonds is 4. The van der Waals surface area contributed by atoms with Gasteiger partial charge in [0.05, 0.1) is 25.2 Å². The van der Waals surface area contributed by atoms with Gasteiger partial charge in [0.2, 0.25) is 5.91 Å². The molecule has 0 unspecified atom stereocenters. The Kier molecular flexibility index (Phi) is 7.79. The second-order valence-corrected chi connectivity index (χ2v) is 2.59. The summed E-state index contributed by atoms with van der Waals surface area (Å²) in [6.45, 7) is 4.03. The van der Waals surface area contributed by atoms with Gasteiger partial charge in [-0.3, -0.25) is 9.78 Å². The molecule has 5 nitrogen and oxygen atoms in total. The molecule has 0 saturated carbocycles. The Balaban J connectivity index is 0.00000106. The highest BCUT2D eigenvalue weighted by atomic mass is 16.5. The number of ether oxygens (including phenoxy) is 2. The predicted molar refractivity (Wildman–Crippen MR) is 62.6 cm³/mol. The van der Waals surface area contributed by atoms with E-state index in [0.29, 0.717) is 11.4 Å². The van der Waals surface area contributed by atoms with E-state index in [9.17, 15) is 4.79 Å². The fourth-order valence-corrected chi connectivity index (χ4v) is 0.927. The first-order valence-corrected chi connectivity index (χ1v) is 5.04. The molecule has 0 spiro atoms. The van der Waals surface area contributed by atoms with E-state index in [2.05, 4.69) is 15.0 Å². The van der Waals surface area contributed by atoms with Gasteiger partial charge in [-0.2, -0.15) is 0 Å². The summed E-state index contributed by atoms with van der Waals surface area (Å²) in [5.74, 6) is 0.378. The van der Waals surface area contributed by atoms with Crippen molar-refractivity contribution in [2.24, 2.45) is 0 Å². The van der Waals surface area contributed by atoms with Crippen LogP contribution in [0, 0.1) is 0 Å². The topological polar surface area (TPSA) is 60.5 Å². The molecule has 0 aliphatic carbocycles. The molecule has 1 amide bonds. The number of carbonyl (C=O) groups is 1. The molecule has 90 valence electrons. The molecule has 0 fully saturated rings. The van der Waals surface area contributed by atoms with Crippen LogP contribution in [0.1, 0.15) is 13.8 Å². The van der Waals surface area contributed by atoms with Gasteiger partial charge in [-0.05, 0) is 0 Å². The van der Waals surface area contributed by atoms with Crippen LogP contribution >= 0.6 is 0 Å². The smallest absolute Gasteiger partial charge is 0.250 e. The van der Waals surface area contributed by atoms with Crippen molar-refractivity contribution in [1.29, 1.82) is 0 Å². The van der Waals surface area contributed by atoms with Crippen LogP contribution in [0.2, 0.25) is 0 Å². The highest BCUT2D eigenvalue weighted by Crippen LogP contribution is 2.14. The lowest BCUT2D eigenvalue weighted by molar-refractivity contribution is -0.119. The van der Waals surface area contributed by atoms with Crippen molar-refractivity contribution in [1.82, 2.24) is 4.98 Å². The van der Waals surface area contributed by atoms with E-state index in [-0.39, 0.29) is 12.5 Å². The zero-order chi connectivity index (χ0) is 12.4. The summed E-state index contributed by atoms with van der Waals surface area (Å²) in [7, 11) is 3.00. The first-order valence-electron chi connectivity index (χ1n) is 5.04. The molecular formula is C11H18N2O3. The number of nitrogens with zero attached hydrogens (tertiary/aromatic N) is 1. The molecule has 16 heavy (non-hydrogen) atoms. The number of anilines is 1. The van der Waals surface area contributed by atoms with E-state index in [1.807, 2.05) is 13.8 Å². The molecule has 0 aromatic carbocycles. The third-order valence-electron chi connectivity index (χ3n) is 1.51. The van der Waals surface area contributed by atoms with Crippen LogP contribution in [0.5, 0.6) is 5.75 Å². The monoisotopic (exact) mass is 226 g/mol. The van der Waals surface area contributed by atoms with Crippen molar-refractivity contribution in [3.8, 4) is 5.75 Å². The Morgan fingerprint density at radius 3 is 2.62 bits per heavy atom. The molecule has 1 heterocycles. The molecule has 0 aliphatic rings. The maximum atomic E-state index is 11.1. The number of hydrogen-bond donors (Lipinski definition) is 1. The van der Waals surface area contributed by atoms with Crippen LogP contribution in [0.4, 0.5) is 5.69 Å². The second-order valence-electron chi connectivity index (χ2n) is 2.59. The number of hydrogen-bond acceptors (Lipinski definition) is 4. The third-order valence-corrected chi connectivity index (χ3v) is 1.51. The molecule has 5 heteroatoms. The van der Waals surface area contributed by atoms with Crippen molar-refractivity contribution >= 4 is 11.6 Å².